The molecule has 0 bridgehead atoms. The van der Waals surface area contributed by atoms with E-state index in [-0.39, 0.29) is 38.4 Å². The van der Waals surface area contributed by atoms with Crippen LogP contribution in [-0.2, 0) is 30.4 Å². The van der Waals surface area contributed by atoms with Gasteiger partial charge in [0.15, 0.2) is 0 Å². The molecule has 12 nitrogen and oxygen atoms in total. The normalized spacial score (nSPS) is 11.6. The van der Waals surface area contributed by atoms with Crippen LogP contribution in [0.4, 0.5) is 9.59 Å². The Balaban J connectivity index is 1.89. The summed E-state index contributed by atoms with van der Waals surface area (Å²) in [6, 6.07) is 15.5. The van der Waals surface area contributed by atoms with Gasteiger partial charge in [-0.25, -0.2) is 9.59 Å². The Kier molecular flexibility index (Phi) is 17.7. The maximum Gasteiger partial charge on any atom is 0.414 e. The summed E-state index contributed by atoms with van der Waals surface area (Å²) in [4.78, 5) is 64.7. The zero-order valence-electron chi connectivity index (χ0n) is 27.3. The summed E-state index contributed by atoms with van der Waals surface area (Å²) in [5.41, 5.74) is 7.38. The van der Waals surface area contributed by atoms with Crippen molar-refractivity contribution in [1.29, 1.82) is 0 Å². The second kappa shape index (κ2) is 21.4. The second-order valence-corrected chi connectivity index (χ2v) is 12.0. The van der Waals surface area contributed by atoms with Crippen LogP contribution in [0.3, 0.4) is 0 Å². The summed E-state index contributed by atoms with van der Waals surface area (Å²) in [5, 5.41) is 5.21. The van der Waals surface area contributed by atoms with E-state index in [9.17, 15) is 24.0 Å². The first-order chi connectivity index (χ1) is 22.5. The number of nitrogens with one attached hydrogen (secondary N) is 2. The summed E-state index contributed by atoms with van der Waals surface area (Å²) in [6.07, 6.45) is 4.71. The Labute approximate surface area is 285 Å². The molecule has 0 radical (unpaired) electrons. The highest BCUT2D eigenvalue weighted by Gasteiger charge is 2.23. The molecule has 0 saturated carbocycles. The molecule has 47 heavy (non-hydrogen) atoms. The van der Waals surface area contributed by atoms with E-state index in [2.05, 4.69) is 33.5 Å². The Morgan fingerprint density at radius 1 is 0.915 bits per heavy atom. The molecule has 0 unspecified atom stereocenters. The van der Waals surface area contributed by atoms with Crippen molar-refractivity contribution in [3.63, 3.8) is 0 Å². The zero-order chi connectivity index (χ0) is 34.6. The predicted molar refractivity (Wildman–Crippen MR) is 183 cm³/mol. The molecule has 13 heteroatoms. The number of rotatable bonds is 19. The maximum atomic E-state index is 12.7. The molecule has 0 spiro atoms. The standard InChI is InChI=1S/C34H46BrN5O7/c1-4-5-6-7-11-14-31(42)38-29(21-30(36)41)32(43)37-19-20-39(2)33(44)46-23-27(26-12-9-8-10-13-26)24-47-34(45)40(3)22-25-15-17-28(35)18-16-25/h8-10,12-13,15-18,23,29H,4-7,11,14,19-22,24H2,1-3H3,(H2,36,41)(H,37,43)(H,38,42)/b27-23-/t29-/m1/s1. The van der Waals surface area contributed by atoms with Gasteiger partial charge in [0, 0.05) is 50.2 Å². The fraction of sp³-hybridized carbons (Fsp3) is 0.441. The quantitative estimate of drug-likeness (QED) is 0.137. The van der Waals surface area contributed by atoms with Gasteiger partial charge in [0.05, 0.1) is 6.42 Å². The van der Waals surface area contributed by atoms with Crippen molar-refractivity contribution in [2.75, 3.05) is 33.8 Å². The lowest BCUT2D eigenvalue weighted by molar-refractivity contribution is -0.131. The lowest BCUT2D eigenvalue weighted by atomic mass is 10.1. The van der Waals surface area contributed by atoms with Gasteiger partial charge in [-0.1, -0.05) is 91.0 Å². The number of halogens is 1. The zero-order valence-corrected chi connectivity index (χ0v) is 28.9. The number of amides is 5. The molecule has 0 fully saturated rings. The SMILES string of the molecule is CCCCCCCC(=O)N[C@H](CC(N)=O)C(=O)NCCN(C)C(=O)O/C=C(/COC(=O)N(C)Cc1ccc(Br)cc1)c1ccccc1. The van der Waals surface area contributed by atoms with Gasteiger partial charge < -0.3 is 35.6 Å². The number of nitrogens with two attached hydrogens (primary N) is 1. The van der Waals surface area contributed by atoms with Crippen LogP contribution in [0, 0.1) is 0 Å². The number of ether oxygens (including phenoxy) is 2. The van der Waals surface area contributed by atoms with Crippen molar-refractivity contribution in [3.8, 4) is 0 Å². The van der Waals surface area contributed by atoms with E-state index in [1.807, 2.05) is 42.5 Å². The van der Waals surface area contributed by atoms with E-state index in [0.29, 0.717) is 24.1 Å². The molecule has 5 amide bonds. The number of primary amides is 1. The van der Waals surface area contributed by atoms with Crippen molar-refractivity contribution in [2.24, 2.45) is 5.73 Å². The minimum atomic E-state index is -1.11. The lowest BCUT2D eigenvalue weighted by Gasteiger charge is -2.20. The van der Waals surface area contributed by atoms with Crippen LogP contribution in [0.5, 0.6) is 0 Å². The number of unbranched alkanes of at least 4 members (excludes halogenated alkanes) is 4. The molecule has 1 atom stereocenters. The van der Waals surface area contributed by atoms with Crippen LogP contribution in [0.15, 0.2) is 65.3 Å². The van der Waals surface area contributed by atoms with Gasteiger partial charge in [-0.05, 0) is 29.7 Å². The second-order valence-electron chi connectivity index (χ2n) is 11.1. The first kappa shape index (κ1) is 38.8. The predicted octanol–water partition coefficient (Wildman–Crippen LogP) is 4.96. The summed E-state index contributed by atoms with van der Waals surface area (Å²) < 4.78 is 11.8. The molecule has 0 aromatic heterocycles. The minimum absolute atomic E-state index is 0.0319. The van der Waals surface area contributed by atoms with Gasteiger partial charge in [-0.3, -0.25) is 14.4 Å². The van der Waals surface area contributed by atoms with Crippen LogP contribution in [0.2, 0.25) is 0 Å². The third-order valence-corrected chi connectivity index (χ3v) is 7.59. The van der Waals surface area contributed by atoms with Crippen LogP contribution in [0.1, 0.15) is 63.0 Å². The number of nitrogens with zero attached hydrogens (tertiary/aromatic N) is 2. The third-order valence-electron chi connectivity index (χ3n) is 7.06. The number of hydrogen-bond donors (Lipinski definition) is 3. The smallest absolute Gasteiger partial charge is 0.414 e. The number of carbonyl (C=O) groups is 5. The van der Waals surface area contributed by atoms with E-state index in [4.69, 9.17) is 15.2 Å². The average Bonchev–Trinajstić information content (AvgIpc) is 3.05. The van der Waals surface area contributed by atoms with Gasteiger partial charge in [0.2, 0.25) is 17.7 Å². The van der Waals surface area contributed by atoms with Crippen molar-refractivity contribution >= 4 is 51.4 Å². The van der Waals surface area contributed by atoms with Crippen LogP contribution >= 0.6 is 15.9 Å². The molecule has 256 valence electrons. The summed E-state index contributed by atoms with van der Waals surface area (Å²) in [7, 11) is 3.12. The van der Waals surface area contributed by atoms with E-state index >= 15 is 0 Å². The first-order valence-corrected chi connectivity index (χ1v) is 16.4. The molecule has 0 aliphatic rings. The van der Waals surface area contributed by atoms with Gasteiger partial charge in [0.25, 0.3) is 0 Å². The van der Waals surface area contributed by atoms with E-state index in [0.717, 1.165) is 35.7 Å². The molecule has 0 saturated heterocycles. The Morgan fingerprint density at radius 2 is 1.60 bits per heavy atom. The van der Waals surface area contributed by atoms with Crippen molar-refractivity contribution in [2.45, 2.75) is 64.5 Å². The van der Waals surface area contributed by atoms with Gasteiger partial charge in [0.1, 0.15) is 18.9 Å². The maximum absolute atomic E-state index is 12.7. The summed E-state index contributed by atoms with van der Waals surface area (Å²) in [5.74, 6) is -1.63. The van der Waals surface area contributed by atoms with Crippen molar-refractivity contribution in [3.05, 3.63) is 76.5 Å². The van der Waals surface area contributed by atoms with Crippen LogP contribution < -0.4 is 16.4 Å². The Morgan fingerprint density at radius 3 is 2.26 bits per heavy atom. The highest BCUT2D eigenvalue weighted by Crippen LogP contribution is 2.17. The van der Waals surface area contributed by atoms with E-state index in [1.165, 1.54) is 23.1 Å². The molecule has 2 aromatic rings. The molecule has 0 aliphatic heterocycles. The average molecular weight is 717 g/mol. The molecule has 2 rings (SSSR count). The molecular formula is C34H46BrN5O7. The Hall–Kier alpha value is -4.39. The Bertz CT molecular complexity index is 1340. The third kappa shape index (κ3) is 15.6. The number of likely N-dealkylation sites (N-methyl/N-ethyl adjacent to an activating group) is 1. The molecule has 4 N–H and O–H groups in total. The highest BCUT2D eigenvalue weighted by atomic mass is 79.9. The molecule has 2 aromatic carbocycles. The van der Waals surface area contributed by atoms with Crippen molar-refractivity contribution < 1.29 is 33.4 Å². The topological polar surface area (TPSA) is 160 Å². The van der Waals surface area contributed by atoms with Crippen molar-refractivity contribution in [1.82, 2.24) is 20.4 Å². The fourth-order valence-corrected chi connectivity index (χ4v) is 4.62. The van der Waals surface area contributed by atoms with Gasteiger partial charge in [-0.15, -0.1) is 0 Å². The molecular weight excluding hydrogens is 670 g/mol. The summed E-state index contributed by atoms with van der Waals surface area (Å²) in [6.45, 7) is 2.41. The number of benzene rings is 2. The fourth-order valence-electron chi connectivity index (χ4n) is 4.35. The largest absolute Gasteiger partial charge is 0.444 e. The van der Waals surface area contributed by atoms with Gasteiger partial charge in [-0.2, -0.15) is 0 Å². The monoisotopic (exact) mass is 715 g/mol. The first-order valence-electron chi connectivity index (χ1n) is 15.6. The lowest BCUT2D eigenvalue weighted by Crippen LogP contribution is -2.49. The minimum Gasteiger partial charge on any atom is -0.444 e. The van der Waals surface area contributed by atoms with E-state index < -0.39 is 30.0 Å². The van der Waals surface area contributed by atoms with E-state index in [1.54, 1.807) is 19.2 Å². The molecule has 0 aliphatic carbocycles. The van der Waals surface area contributed by atoms with Gasteiger partial charge >= 0.3 is 12.2 Å². The number of carbonyl (C=O) groups excluding carboxylic acids is 5. The highest BCUT2D eigenvalue weighted by molar-refractivity contribution is 9.10. The van der Waals surface area contributed by atoms with Crippen LogP contribution in [-0.4, -0.2) is 79.5 Å². The number of hydrogen-bond acceptors (Lipinski definition) is 7. The molecule has 0 heterocycles. The van der Waals surface area contributed by atoms with Crippen LogP contribution in [0.25, 0.3) is 5.57 Å². The summed E-state index contributed by atoms with van der Waals surface area (Å²) >= 11 is 3.39.